The van der Waals surface area contributed by atoms with Crippen molar-refractivity contribution in [2.24, 2.45) is 5.92 Å². The Morgan fingerprint density at radius 2 is 1.63 bits per heavy atom. The number of halogens is 2. The van der Waals surface area contributed by atoms with Gasteiger partial charge in [0.2, 0.25) is 10.0 Å². The Morgan fingerprint density at radius 1 is 0.951 bits per heavy atom. The van der Waals surface area contributed by atoms with Crippen molar-refractivity contribution < 1.29 is 13.2 Å². The number of sulfonamides is 1. The average Bonchev–Trinajstić information content (AvgIpc) is 3.37. The number of ether oxygens (including phenoxy) is 1. The Morgan fingerprint density at radius 3 is 2.37 bits per heavy atom. The fourth-order valence-corrected chi connectivity index (χ4v) is 6.98. The summed E-state index contributed by atoms with van der Waals surface area (Å²) in [5.41, 5.74) is 2.27. The molecule has 3 heterocycles. The normalized spacial score (nSPS) is 14.8. The molecule has 6 rings (SSSR count). The Kier molecular flexibility index (Phi) is 7.99. The molecule has 5 aromatic rings. The number of nitrogens with one attached hydrogen (secondary N) is 1. The quantitative estimate of drug-likeness (QED) is 0.192. The van der Waals surface area contributed by atoms with Gasteiger partial charge in [-0.2, -0.15) is 13.9 Å². The van der Waals surface area contributed by atoms with Gasteiger partial charge in [-0.05, 0) is 77.2 Å². The monoisotopic (exact) mass is 651 g/mol. The third-order valence-electron chi connectivity index (χ3n) is 7.16. The van der Waals surface area contributed by atoms with Gasteiger partial charge < -0.3 is 10.1 Å². The molecule has 0 saturated carbocycles. The van der Waals surface area contributed by atoms with Gasteiger partial charge in [-0.3, -0.25) is 0 Å². The molecule has 2 aromatic heterocycles. The van der Waals surface area contributed by atoms with Crippen LogP contribution in [0.15, 0.2) is 100 Å². The molecule has 0 unspecified atom stereocenters. The van der Waals surface area contributed by atoms with Crippen LogP contribution < -0.4 is 10.1 Å². The van der Waals surface area contributed by atoms with E-state index in [1.807, 2.05) is 60.7 Å². The minimum absolute atomic E-state index is 0.269. The smallest absolute Gasteiger partial charge is 0.243 e. The Bertz CT molecular complexity index is 1770. The molecule has 210 valence electrons. The summed E-state index contributed by atoms with van der Waals surface area (Å²) < 4.78 is 36.6. The molecule has 0 amide bonds. The highest BCUT2D eigenvalue weighted by Crippen LogP contribution is 2.31. The van der Waals surface area contributed by atoms with Crippen LogP contribution in [-0.4, -0.2) is 47.0 Å². The second-order valence-corrected chi connectivity index (χ2v) is 13.0. The molecule has 1 aliphatic heterocycles. The summed E-state index contributed by atoms with van der Waals surface area (Å²) in [5, 5.41) is 8.61. The van der Waals surface area contributed by atoms with Gasteiger partial charge in [0, 0.05) is 36.3 Å². The van der Waals surface area contributed by atoms with Crippen molar-refractivity contribution in [3.8, 4) is 22.8 Å². The van der Waals surface area contributed by atoms with Gasteiger partial charge in [0.15, 0.2) is 5.65 Å². The first kappa shape index (κ1) is 27.7. The van der Waals surface area contributed by atoms with Crippen molar-refractivity contribution in [3.05, 3.63) is 101 Å². The van der Waals surface area contributed by atoms with Crippen molar-refractivity contribution in [2.45, 2.75) is 17.7 Å². The molecule has 11 heteroatoms. The lowest BCUT2D eigenvalue weighted by molar-refractivity contribution is 0.282. The number of hydrogen-bond donors (Lipinski definition) is 1. The van der Waals surface area contributed by atoms with E-state index in [-0.39, 0.29) is 4.90 Å². The third kappa shape index (κ3) is 5.97. The van der Waals surface area contributed by atoms with E-state index < -0.39 is 10.0 Å². The predicted molar refractivity (Wildman–Crippen MR) is 164 cm³/mol. The molecule has 0 bridgehead atoms. The molecule has 0 atom stereocenters. The number of anilines is 1. The van der Waals surface area contributed by atoms with Crippen molar-refractivity contribution in [3.63, 3.8) is 0 Å². The minimum Gasteiger partial charge on any atom is -0.457 e. The van der Waals surface area contributed by atoms with E-state index >= 15 is 0 Å². The number of hydrogen-bond acceptors (Lipinski definition) is 6. The van der Waals surface area contributed by atoms with E-state index in [2.05, 4.69) is 26.3 Å². The lowest BCUT2D eigenvalue weighted by atomic mass is 9.98. The zero-order valence-corrected chi connectivity index (χ0v) is 25.1. The maximum Gasteiger partial charge on any atom is 0.243 e. The highest BCUT2D eigenvalue weighted by atomic mass is 79.9. The maximum absolute atomic E-state index is 13.3. The highest BCUT2D eigenvalue weighted by Gasteiger charge is 2.29. The number of rotatable bonds is 8. The Labute approximate surface area is 252 Å². The zero-order chi connectivity index (χ0) is 28.4. The van der Waals surface area contributed by atoms with E-state index in [0.29, 0.717) is 47.7 Å². The summed E-state index contributed by atoms with van der Waals surface area (Å²) in [6.07, 6.45) is 3.21. The van der Waals surface area contributed by atoms with Crippen LogP contribution in [0, 0.1) is 5.92 Å². The summed E-state index contributed by atoms with van der Waals surface area (Å²) in [5.74, 6) is 2.39. The van der Waals surface area contributed by atoms with Crippen molar-refractivity contribution in [2.75, 3.05) is 25.0 Å². The SMILES string of the molecule is O=S(=O)(c1ccc(Oc2ccccc2)cc1)N1CCC(CNc2cc(-c3ccccc3Cl)nc3c(Br)cnn23)CC1. The molecule has 8 nitrogen and oxygen atoms in total. The average molecular weight is 653 g/mol. The van der Waals surface area contributed by atoms with Gasteiger partial charge in [-0.25, -0.2) is 13.4 Å². The van der Waals surface area contributed by atoms with Crippen LogP contribution in [0.2, 0.25) is 5.02 Å². The largest absolute Gasteiger partial charge is 0.457 e. The molecule has 1 aliphatic rings. The van der Waals surface area contributed by atoms with Crippen molar-refractivity contribution in [1.82, 2.24) is 18.9 Å². The molecule has 0 aliphatic carbocycles. The minimum atomic E-state index is -3.59. The van der Waals surface area contributed by atoms with Crippen LogP contribution in [-0.2, 0) is 10.0 Å². The molecule has 1 fully saturated rings. The maximum atomic E-state index is 13.3. The van der Waals surface area contributed by atoms with Gasteiger partial charge >= 0.3 is 0 Å². The molecular weight excluding hydrogens is 626 g/mol. The predicted octanol–water partition coefficient (Wildman–Crippen LogP) is 7.12. The number of piperidine rings is 1. The standard InChI is InChI=1S/C30H27BrClN5O3S/c31-26-20-34-37-29(18-28(35-30(26)37)25-8-4-5-9-27(25)32)33-19-21-14-16-36(17-15-21)41(38,39)24-12-10-23(11-13-24)40-22-6-2-1-3-7-22/h1-13,18,20-21,33H,14-17,19H2. The lowest BCUT2D eigenvalue weighted by Gasteiger charge is -2.31. The van der Waals surface area contributed by atoms with Crippen molar-refractivity contribution in [1.29, 1.82) is 0 Å². The number of para-hydroxylation sites is 1. The van der Waals surface area contributed by atoms with Crippen LogP contribution >= 0.6 is 27.5 Å². The zero-order valence-electron chi connectivity index (χ0n) is 22.0. The Hall–Kier alpha value is -3.44. The first-order valence-electron chi connectivity index (χ1n) is 13.2. The van der Waals surface area contributed by atoms with Crippen LogP contribution in [0.3, 0.4) is 0 Å². The lowest BCUT2D eigenvalue weighted by Crippen LogP contribution is -2.39. The van der Waals surface area contributed by atoms with E-state index in [1.165, 1.54) is 0 Å². The fourth-order valence-electron chi connectivity index (χ4n) is 4.92. The second-order valence-electron chi connectivity index (χ2n) is 9.85. The summed E-state index contributed by atoms with van der Waals surface area (Å²) in [4.78, 5) is 5.03. The number of fused-ring (bicyclic) bond motifs is 1. The third-order valence-corrected chi connectivity index (χ3v) is 9.97. The fraction of sp³-hybridized carbons (Fsp3) is 0.200. The number of benzene rings is 3. The Balaban J connectivity index is 1.10. The molecule has 0 radical (unpaired) electrons. The summed E-state index contributed by atoms with van der Waals surface area (Å²) in [7, 11) is -3.59. The number of nitrogens with zero attached hydrogens (tertiary/aromatic N) is 4. The van der Waals surface area contributed by atoms with E-state index in [9.17, 15) is 8.42 Å². The molecule has 1 N–H and O–H groups in total. The summed E-state index contributed by atoms with van der Waals surface area (Å²) >= 11 is 10.00. The second kappa shape index (κ2) is 11.8. The van der Waals surface area contributed by atoms with Crippen LogP contribution in [0.1, 0.15) is 12.8 Å². The van der Waals surface area contributed by atoms with Crippen LogP contribution in [0.4, 0.5) is 5.82 Å². The van der Waals surface area contributed by atoms with E-state index in [0.717, 1.165) is 34.4 Å². The van der Waals surface area contributed by atoms with Gasteiger partial charge in [0.05, 0.1) is 21.3 Å². The molecule has 3 aromatic carbocycles. The van der Waals surface area contributed by atoms with Gasteiger partial charge in [-0.15, -0.1) is 0 Å². The van der Waals surface area contributed by atoms with E-state index in [4.69, 9.17) is 21.3 Å². The van der Waals surface area contributed by atoms with Crippen LogP contribution in [0.5, 0.6) is 11.5 Å². The van der Waals surface area contributed by atoms with Gasteiger partial charge in [0.25, 0.3) is 0 Å². The molecular formula is C30H27BrClN5O3S. The van der Waals surface area contributed by atoms with Gasteiger partial charge in [0.1, 0.15) is 17.3 Å². The van der Waals surface area contributed by atoms with E-state index in [1.54, 1.807) is 39.3 Å². The van der Waals surface area contributed by atoms with Crippen LogP contribution in [0.25, 0.3) is 16.9 Å². The molecule has 41 heavy (non-hydrogen) atoms. The van der Waals surface area contributed by atoms with Gasteiger partial charge in [-0.1, -0.05) is 48.0 Å². The summed E-state index contributed by atoms with van der Waals surface area (Å²) in [6, 6.07) is 25.5. The first-order chi connectivity index (χ1) is 19.9. The highest BCUT2D eigenvalue weighted by molar-refractivity contribution is 9.10. The first-order valence-corrected chi connectivity index (χ1v) is 15.9. The summed E-state index contributed by atoms with van der Waals surface area (Å²) in [6.45, 7) is 1.60. The molecule has 0 spiro atoms. The molecule has 1 saturated heterocycles. The topological polar surface area (TPSA) is 88.8 Å². The van der Waals surface area contributed by atoms with Crippen molar-refractivity contribution >= 4 is 49.0 Å². The number of aromatic nitrogens is 3.